The van der Waals surface area contributed by atoms with Crippen molar-refractivity contribution in [3.63, 3.8) is 0 Å². The number of fused-ring (bicyclic) bond motifs is 6. The van der Waals surface area contributed by atoms with Crippen LogP contribution in [-0.2, 0) is 15.1 Å². The smallest absolute Gasteiger partial charge is 0.342 e. The van der Waals surface area contributed by atoms with Gasteiger partial charge in [0.25, 0.3) is 0 Å². The largest absolute Gasteiger partial charge is 0.508 e. The quantitative estimate of drug-likeness (QED) is 0.546. The van der Waals surface area contributed by atoms with Crippen molar-refractivity contribution >= 4 is 17.6 Å². The summed E-state index contributed by atoms with van der Waals surface area (Å²) in [6.07, 6.45) is 1.02. The van der Waals surface area contributed by atoms with Crippen LogP contribution in [0.2, 0.25) is 0 Å². The molecule has 0 unspecified atom stereocenters. The van der Waals surface area contributed by atoms with Crippen molar-refractivity contribution in [3.05, 3.63) is 76.9 Å². The summed E-state index contributed by atoms with van der Waals surface area (Å²) in [6.45, 7) is 1.90. The number of phenols is 2. The predicted octanol–water partition coefficient (Wildman–Crippen LogP) is 4.40. The van der Waals surface area contributed by atoms with Crippen LogP contribution in [0.25, 0.3) is 0 Å². The Morgan fingerprint density at radius 3 is 2.23 bits per heavy atom. The van der Waals surface area contributed by atoms with Crippen molar-refractivity contribution < 1.29 is 29.3 Å². The Morgan fingerprint density at radius 1 is 0.968 bits per heavy atom. The molecule has 7 heteroatoms. The van der Waals surface area contributed by atoms with E-state index in [9.17, 15) is 19.8 Å². The molecule has 0 aliphatic carbocycles. The average Bonchev–Trinajstić information content (AvgIpc) is 3.02. The number of nitrogens with one attached hydrogen (secondary N) is 1. The lowest BCUT2D eigenvalue weighted by Gasteiger charge is -2.36. The molecule has 31 heavy (non-hydrogen) atoms. The number of phenolic OH excluding ortho intramolecular Hbond substituents is 2. The van der Waals surface area contributed by atoms with E-state index in [2.05, 4.69) is 5.32 Å². The number of aromatic hydroxyl groups is 2. The zero-order valence-electron chi connectivity index (χ0n) is 16.6. The molecular weight excluding hydrogens is 398 g/mol. The second-order valence-corrected chi connectivity index (χ2v) is 7.56. The lowest BCUT2D eigenvalue weighted by Crippen LogP contribution is -2.32. The molecule has 5 rings (SSSR count). The van der Waals surface area contributed by atoms with E-state index < -0.39 is 11.6 Å². The van der Waals surface area contributed by atoms with Crippen LogP contribution in [0, 0.1) is 0 Å². The molecule has 1 spiro atoms. The summed E-state index contributed by atoms with van der Waals surface area (Å²) in [4.78, 5) is 25.4. The van der Waals surface area contributed by atoms with E-state index in [1.54, 1.807) is 30.3 Å². The first kappa shape index (κ1) is 19.0. The Hall–Kier alpha value is -4.00. The minimum Gasteiger partial charge on any atom is -0.508 e. The van der Waals surface area contributed by atoms with Crippen molar-refractivity contribution in [2.75, 3.05) is 5.32 Å². The molecule has 2 aliphatic rings. The van der Waals surface area contributed by atoms with Crippen LogP contribution in [0.3, 0.4) is 0 Å². The SMILES string of the molecule is CCCC(=O)Nc1cccc2c1C(=O)OC21c2ccc(O)cc2Oc2cc(O)ccc21. The van der Waals surface area contributed by atoms with Gasteiger partial charge in [-0.3, -0.25) is 4.79 Å². The van der Waals surface area contributed by atoms with E-state index in [-0.39, 0.29) is 23.0 Å². The summed E-state index contributed by atoms with van der Waals surface area (Å²) in [5, 5.41) is 22.8. The fraction of sp³-hybridized carbons (Fsp3) is 0.167. The van der Waals surface area contributed by atoms with Gasteiger partial charge >= 0.3 is 5.97 Å². The molecule has 3 aromatic carbocycles. The zero-order chi connectivity index (χ0) is 21.8. The monoisotopic (exact) mass is 417 g/mol. The molecule has 2 aliphatic heterocycles. The van der Waals surface area contributed by atoms with Gasteiger partial charge < -0.3 is 25.0 Å². The van der Waals surface area contributed by atoms with Crippen LogP contribution in [0.1, 0.15) is 46.8 Å². The van der Waals surface area contributed by atoms with E-state index in [0.29, 0.717) is 46.7 Å². The Morgan fingerprint density at radius 2 is 1.61 bits per heavy atom. The van der Waals surface area contributed by atoms with Crippen molar-refractivity contribution in [2.45, 2.75) is 25.4 Å². The number of hydrogen-bond donors (Lipinski definition) is 3. The molecule has 1 amide bonds. The molecule has 3 N–H and O–H groups in total. The van der Waals surface area contributed by atoms with Gasteiger partial charge in [-0.1, -0.05) is 19.1 Å². The number of amides is 1. The van der Waals surface area contributed by atoms with Gasteiger partial charge in [0.1, 0.15) is 23.0 Å². The topological polar surface area (TPSA) is 105 Å². The minimum atomic E-state index is -1.35. The first-order chi connectivity index (χ1) is 14.9. The van der Waals surface area contributed by atoms with Gasteiger partial charge in [-0.2, -0.15) is 0 Å². The third kappa shape index (κ3) is 2.73. The molecular formula is C24H19NO6. The third-order valence-corrected chi connectivity index (χ3v) is 5.55. The van der Waals surface area contributed by atoms with E-state index in [1.807, 2.05) is 6.92 Å². The van der Waals surface area contributed by atoms with Crippen LogP contribution >= 0.6 is 0 Å². The van der Waals surface area contributed by atoms with E-state index in [1.165, 1.54) is 24.3 Å². The van der Waals surface area contributed by atoms with Crippen LogP contribution < -0.4 is 10.1 Å². The van der Waals surface area contributed by atoms with Gasteiger partial charge in [0, 0.05) is 35.2 Å². The summed E-state index contributed by atoms with van der Waals surface area (Å²) in [5.74, 6) is -0.182. The number of benzene rings is 3. The van der Waals surface area contributed by atoms with Gasteiger partial charge in [0.2, 0.25) is 5.91 Å². The fourth-order valence-electron chi connectivity index (χ4n) is 4.29. The maximum atomic E-state index is 13.1. The first-order valence-electron chi connectivity index (χ1n) is 9.95. The average molecular weight is 417 g/mol. The second kappa shape index (κ2) is 6.77. The van der Waals surface area contributed by atoms with Crippen LogP contribution in [0.5, 0.6) is 23.0 Å². The summed E-state index contributed by atoms with van der Waals surface area (Å²) in [6, 6.07) is 14.3. The molecule has 0 saturated heterocycles. The fourth-order valence-corrected chi connectivity index (χ4v) is 4.29. The highest BCUT2D eigenvalue weighted by molar-refractivity contribution is 6.05. The Bertz CT molecular complexity index is 1200. The highest BCUT2D eigenvalue weighted by Gasteiger charge is 2.54. The van der Waals surface area contributed by atoms with Crippen LogP contribution in [0.4, 0.5) is 5.69 Å². The van der Waals surface area contributed by atoms with Gasteiger partial charge in [-0.05, 0) is 36.8 Å². The van der Waals surface area contributed by atoms with E-state index >= 15 is 0 Å². The molecule has 3 aromatic rings. The molecule has 0 fully saturated rings. The number of ether oxygens (including phenoxy) is 2. The molecule has 156 valence electrons. The summed E-state index contributed by atoms with van der Waals surface area (Å²) in [7, 11) is 0. The summed E-state index contributed by atoms with van der Waals surface area (Å²) >= 11 is 0. The van der Waals surface area contributed by atoms with E-state index in [0.717, 1.165) is 0 Å². The molecule has 0 bridgehead atoms. The number of carbonyl (C=O) groups is 2. The number of rotatable bonds is 3. The van der Waals surface area contributed by atoms with Gasteiger partial charge in [-0.15, -0.1) is 0 Å². The van der Waals surface area contributed by atoms with Crippen molar-refractivity contribution in [3.8, 4) is 23.0 Å². The van der Waals surface area contributed by atoms with Gasteiger partial charge in [0.15, 0.2) is 5.60 Å². The van der Waals surface area contributed by atoms with Crippen molar-refractivity contribution in [2.24, 2.45) is 0 Å². The first-order valence-corrected chi connectivity index (χ1v) is 9.95. The highest BCUT2D eigenvalue weighted by Crippen LogP contribution is 2.57. The van der Waals surface area contributed by atoms with Crippen LogP contribution in [0.15, 0.2) is 54.6 Å². The van der Waals surface area contributed by atoms with E-state index in [4.69, 9.17) is 9.47 Å². The third-order valence-electron chi connectivity index (χ3n) is 5.55. The van der Waals surface area contributed by atoms with Crippen molar-refractivity contribution in [1.82, 2.24) is 0 Å². The molecule has 0 atom stereocenters. The second-order valence-electron chi connectivity index (χ2n) is 7.56. The zero-order valence-corrected chi connectivity index (χ0v) is 16.6. The van der Waals surface area contributed by atoms with Gasteiger partial charge in [-0.25, -0.2) is 4.79 Å². The highest BCUT2D eigenvalue weighted by atomic mass is 16.6. The van der Waals surface area contributed by atoms with Crippen LogP contribution in [-0.4, -0.2) is 22.1 Å². The number of anilines is 1. The minimum absolute atomic E-state index is 0.0115. The lowest BCUT2D eigenvalue weighted by molar-refractivity contribution is -0.116. The van der Waals surface area contributed by atoms with Gasteiger partial charge in [0.05, 0.1) is 11.3 Å². The molecule has 7 nitrogen and oxygen atoms in total. The number of hydrogen-bond acceptors (Lipinski definition) is 6. The number of esters is 1. The molecule has 0 saturated carbocycles. The predicted molar refractivity (Wildman–Crippen MR) is 112 cm³/mol. The van der Waals surface area contributed by atoms with Crippen molar-refractivity contribution in [1.29, 1.82) is 0 Å². The normalized spacial score (nSPS) is 14.8. The number of carbonyl (C=O) groups excluding carboxylic acids is 2. The molecule has 2 heterocycles. The maximum Gasteiger partial charge on any atom is 0.342 e. The standard InChI is InChI=1S/C24H19NO6/c1-2-4-21(28)25-18-6-3-5-17-22(18)23(29)31-24(17)15-9-7-13(26)11-19(15)30-20-12-14(27)8-10-16(20)24/h3,5-12,26-27H,2,4H2,1H3,(H,25,28). The maximum absolute atomic E-state index is 13.1. The summed E-state index contributed by atoms with van der Waals surface area (Å²) < 4.78 is 12.0. The molecule has 0 radical (unpaired) electrons. The Balaban J connectivity index is 1.78. The Kier molecular flexibility index (Phi) is 4.15. The summed E-state index contributed by atoms with van der Waals surface area (Å²) in [5.41, 5.74) is 0.925. The molecule has 0 aromatic heterocycles. The Labute approximate surface area is 177 Å². The lowest BCUT2D eigenvalue weighted by atomic mass is 9.77.